The Bertz CT molecular complexity index is 187. The minimum atomic E-state index is 0.0752. The Labute approximate surface area is 74.6 Å². The van der Waals surface area contributed by atoms with Gasteiger partial charge < -0.3 is 9.47 Å². The minimum Gasteiger partial charge on any atom is -0.491 e. The zero-order valence-corrected chi connectivity index (χ0v) is 8.44. The molecule has 0 N–H and O–H groups in total. The highest BCUT2D eigenvalue weighted by Gasteiger charge is 2.25. The molecule has 0 saturated heterocycles. The van der Waals surface area contributed by atoms with Crippen molar-refractivity contribution < 1.29 is 9.47 Å². The van der Waals surface area contributed by atoms with Gasteiger partial charge in [-0.25, -0.2) is 0 Å². The maximum absolute atomic E-state index is 5.60. The van der Waals surface area contributed by atoms with Gasteiger partial charge in [-0.3, -0.25) is 0 Å². The molecule has 0 aliphatic carbocycles. The number of hydrogen-bond acceptors (Lipinski definition) is 2. The summed E-state index contributed by atoms with van der Waals surface area (Å²) in [5.41, 5.74) is 0.0752. The van der Waals surface area contributed by atoms with Crippen molar-refractivity contribution in [1.29, 1.82) is 0 Å². The second kappa shape index (κ2) is 3.38. The van der Waals surface area contributed by atoms with Crippen LogP contribution >= 0.6 is 0 Å². The molecule has 0 aromatic rings. The van der Waals surface area contributed by atoms with Gasteiger partial charge in [-0.05, 0) is 0 Å². The van der Waals surface area contributed by atoms with E-state index in [0.717, 1.165) is 17.9 Å². The van der Waals surface area contributed by atoms with Gasteiger partial charge in [0.2, 0.25) is 0 Å². The minimum absolute atomic E-state index is 0.0752. The van der Waals surface area contributed by atoms with Crippen LogP contribution in [-0.4, -0.2) is 13.2 Å². The van der Waals surface area contributed by atoms with Crippen LogP contribution in [-0.2, 0) is 9.47 Å². The van der Waals surface area contributed by atoms with Crippen LogP contribution < -0.4 is 0 Å². The Hall–Kier alpha value is -0.660. The quantitative estimate of drug-likeness (QED) is 0.602. The van der Waals surface area contributed by atoms with Crippen molar-refractivity contribution in [2.45, 2.75) is 34.1 Å². The highest BCUT2D eigenvalue weighted by Crippen LogP contribution is 2.32. The molecule has 1 heterocycles. The first-order chi connectivity index (χ1) is 5.55. The van der Waals surface area contributed by atoms with Crippen LogP contribution in [0, 0.1) is 5.41 Å². The Kier molecular flexibility index (Phi) is 2.65. The van der Waals surface area contributed by atoms with E-state index in [2.05, 4.69) is 27.7 Å². The van der Waals surface area contributed by atoms with Crippen molar-refractivity contribution in [3.05, 3.63) is 11.5 Å². The molecule has 1 aliphatic heterocycles. The van der Waals surface area contributed by atoms with E-state index in [-0.39, 0.29) is 5.41 Å². The molecule has 2 nitrogen and oxygen atoms in total. The average Bonchev–Trinajstić information content (AvgIpc) is 2.03. The van der Waals surface area contributed by atoms with Gasteiger partial charge in [-0.2, -0.15) is 0 Å². The second-order valence-electron chi connectivity index (χ2n) is 4.05. The van der Waals surface area contributed by atoms with E-state index in [1.54, 1.807) is 0 Å². The third-order valence-corrected chi connectivity index (χ3v) is 1.86. The van der Waals surface area contributed by atoms with Crippen LogP contribution in [0.15, 0.2) is 11.5 Å². The molecule has 0 aromatic carbocycles. The summed E-state index contributed by atoms with van der Waals surface area (Å²) in [6.45, 7) is 9.92. The molecule has 0 spiro atoms. The van der Waals surface area contributed by atoms with Gasteiger partial charge in [0, 0.05) is 11.8 Å². The van der Waals surface area contributed by atoms with Crippen LogP contribution in [0.3, 0.4) is 0 Å². The Morgan fingerprint density at radius 2 is 1.75 bits per heavy atom. The molecule has 0 bridgehead atoms. The van der Waals surface area contributed by atoms with Gasteiger partial charge in [0.1, 0.15) is 24.7 Å². The zero-order valence-electron chi connectivity index (χ0n) is 8.44. The Morgan fingerprint density at radius 3 is 2.17 bits per heavy atom. The van der Waals surface area contributed by atoms with E-state index in [1.807, 2.05) is 0 Å². The van der Waals surface area contributed by atoms with Crippen molar-refractivity contribution in [1.82, 2.24) is 0 Å². The van der Waals surface area contributed by atoms with Gasteiger partial charge >= 0.3 is 0 Å². The molecule has 0 saturated carbocycles. The molecule has 1 aliphatic rings. The van der Waals surface area contributed by atoms with Gasteiger partial charge in [0.15, 0.2) is 0 Å². The summed E-state index contributed by atoms with van der Waals surface area (Å²) in [4.78, 5) is 0. The first-order valence-electron chi connectivity index (χ1n) is 4.55. The lowest BCUT2D eigenvalue weighted by Crippen LogP contribution is -2.22. The highest BCUT2D eigenvalue weighted by molar-refractivity contribution is 5.10. The number of allylic oxidation sites excluding steroid dienone is 2. The third-order valence-electron chi connectivity index (χ3n) is 1.86. The van der Waals surface area contributed by atoms with E-state index in [1.165, 1.54) is 0 Å². The smallest absolute Gasteiger partial charge is 0.139 e. The predicted molar refractivity (Wildman–Crippen MR) is 48.7 cm³/mol. The molecule has 0 unspecified atom stereocenters. The van der Waals surface area contributed by atoms with Crippen molar-refractivity contribution in [3.8, 4) is 0 Å². The average molecular weight is 170 g/mol. The lowest BCUT2D eigenvalue weighted by molar-refractivity contribution is 0.0300. The lowest BCUT2D eigenvalue weighted by atomic mass is 9.92. The molecule has 1 rings (SSSR count). The van der Waals surface area contributed by atoms with E-state index in [9.17, 15) is 0 Å². The summed E-state index contributed by atoms with van der Waals surface area (Å²) in [5.74, 6) is 2.05. The number of ether oxygens (including phenoxy) is 2. The standard InChI is InChI=1S/C10H18O2/c1-5-8-9(10(2,3)4)12-7-6-11-8/h5-7H2,1-4H3. The second-order valence-corrected chi connectivity index (χ2v) is 4.05. The zero-order chi connectivity index (χ0) is 9.19. The Morgan fingerprint density at radius 1 is 1.17 bits per heavy atom. The van der Waals surface area contributed by atoms with Gasteiger partial charge in [-0.1, -0.05) is 27.7 Å². The van der Waals surface area contributed by atoms with E-state index < -0.39 is 0 Å². The predicted octanol–water partition coefficient (Wildman–Crippen LogP) is 2.70. The molecule has 12 heavy (non-hydrogen) atoms. The fourth-order valence-corrected chi connectivity index (χ4v) is 1.35. The molecule has 2 heteroatoms. The van der Waals surface area contributed by atoms with Gasteiger partial charge in [-0.15, -0.1) is 0 Å². The molecule has 70 valence electrons. The van der Waals surface area contributed by atoms with E-state index in [4.69, 9.17) is 9.47 Å². The van der Waals surface area contributed by atoms with Crippen molar-refractivity contribution in [2.75, 3.05) is 13.2 Å². The van der Waals surface area contributed by atoms with Crippen molar-refractivity contribution >= 4 is 0 Å². The number of rotatable bonds is 1. The molecule has 0 radical (unpaired) electrons. The number of hydrogen-bond donors (Lipinski definition) is 0. The largest absolute Gasteiger partial charge is 0.491 e. The maximum atomic E-state index is 5.60. The maximum Gasteiger partial charge on any atom is 0.139 e. The van der Waals surface area contributed by atoms with E-state index >= 15 is 0 Å². The molecule has 0 fully saturated rings. The summed E-state index contributed by atoms with van der Waals surface area (Å²) in [6, 6.07) is 0. The van der Waals surface area contributed by atoms with Crippen molar-refractivity contribution in [2.24, 2.45) is 5.41 Å². The summed E-state index contributed by atoms with van der Waals surface area (Å²) in [7, 11) is 0. The summed E-state index contributed by atoms with van der Waals surface area (Å²) in [5, 5.41) is 0. The highest BCUT2D eigenvalue weighted by atomic mass is 16.6. The molecule has 0 amide bonds. The van der Waals surface area contributed by atoms with Crippen LogP contribution in [0.4, 0.5) is 0 Å². The van der Waals surface area contributed by atoms with Crippen LogP contribution in [0.2, 0.25) is 0 Å². The normalized spacial score (nSPS) is 18.7. The van der Waals surface area contributed by atoms with Crippen molar-refractivity contribution in [3.63, 3.8) is 0 Å². The van der Waals surface area contributed by atoms with Crippen LogP contribution in [0.25, 0.3) is 0 Å². The summed E-state index contributed by atoms with van der Waals surface area (Å²) in [6.07, 6.45) is 0.923. The summed E-state index contributed by atoms with van der Waals surface area (Å²) >= 11 is 0. The van der Waals surface area contributed by atoms with E-state index in [0.29, 0.717) is 13.2 Å². The van der Waals surface area contributed by atoms with Gasteiger partial charge in [0.05, 0.1) is 0 Å². The van der Waals surface area contributed by atoms with Crippen LogP contribution in [0.5, 0.6) is 0 Å². The topological polar surface area (TPSA) is 18.5 Å². The molecular weight excluding hydrogens is 152 g/mol. The monoisotopic (exact) mass is 170 g/mol. The molecule has 0 aromatic heterocycles. The first kappa shape index (κ1) is 9.43. The summed E-state index contributed by atoms with van der Waals surface area (Å²) < 4.78 is 11.1. The first-order valence-corrected chi connectivity index (χ1v) is 4.55. The lowest BCUT2D eigenvalue weighted by Gasteiger charge is -2.29. The fraction of sp³-hybridized carbons (Fsp3) is 0.800. The Balaban J connectivity index is 2.87. The fourth-order valence-electron chi connectivity index (χ4n) is 1.35. The molecule has 0 atom stereocenters. The third kappa shape index (κ3) is 1.93. The van der Waals surface area contributed by atoms with Crippen LogP contribution in [0.1, 0.15) is 34.1 Å². The SMILES string of the molecule is CCC1=C(C(C)(C)C)OCCO1. The van der Waals surface area contributed by atoms with Gasteiger partial charge in [0.25, 0.3) is 0 Å². The molecular formula is C10H18O2.